The molecule has 0 saturated carbocycles. The van der Waals surface area contributed by atoms with Crippen LogP contribution in [-0.2, 0) is 20.7 Å². The van der Waals surface area contributed by atoms with Gasteiger partial charge in [-0.2, -0.15) is 13.2 Å². The van der Waals surface area contributed by atoms with Crippen molar-refractivity contribution in [2.24, 2.45) is 0 Å². The first kappa shape index (κ1) is 22.3. The van der Waals surface area contributed by atoms with Crippen molar-refractivity contribution in [2.75, 3.05) is 26.2 Å². The van der Waals surface area contributed by atoms with E-state index in [0.717, 1.165) is 37.9 Å². The third-order valence-electron chi connectivity index (χ3n) is 5.57. The largest absolute Gasteiger partial charge is 0.490 e. The Balaban J connectivity index is 1.69. The number of carbonyl (C=O) groups is 1. The summed E-state index contributed by atoms with van der Waals surface area (Å²) < 4.78 is 48.1. The second-order valence-electron chi connectivity index (χ2n) is 7.64. The predicted octanol–water partition coefficient (Wildman–Crippen LogP) is 3.20. The van der Waals surface area contributed by atoms with Crippen LogP contribution in [0.25, 0.3) is 0 Å². The summed E-state index contributed by atoms with van der Waals surface area (Å²) >= 11 is 5.97. The molecule has 2 aliphatic rings. The number of esters is 1. The number of nitrogens with zero attached hydrogens (tertiary/aromatic N) is 1. The zero-order valence-corrected chi connectivity index (χ0v) is 17.0. The molecule has 2 heterocycles. The fourth-order valence-corrected chi connectivity index (χ4v) is 4.12. The Morgan fingerprint density at radius 2 is 1.97 bits per heavy atom. The SMILES string of the molecule is C[C@@H](OC(=O)C(F)(F)F)[C@H]1CN(C2CCNCC2)[C@@H](Cc2ccc(Cl)cc2)CO1. The maximum atomic E-state index is 12.5. The van der Waals surface area contributed by atoms with E-state index < -0.39 is 24.4 Å². The molecule has 162 valence electrons. The predicted molar refractivity (Wildman–Crippen MR) is 103 cm³/mol. The Morgan fingerprint density at radius 1 is 1.31 bits per heavy atom. The third kappa shape index (κ3) is 6.07. The maximum absolute atomic E-state index is 12.5. The minimum absolute atomic E-state index is 0.0982. The number of benzene rings is 1. The summed E-state index contributed by atoms with van der Waals surface area (Å²) in [5.74, 6) is -2.18. The van der Waals surface area contributed by atoms with Gasteiger partial charge in [-0.1, -0.05) is 23.7 Å². The minimum Gasteiger partial charge on any atom is -0.453 e. The Kier molecular flexibility index (Phi) is 7.42. The van der Waals surface area contributed by atoms with Crippen molar-refractivity contribution in [1.29, 1.82) is 0 Å². The quantitative estimate of drug-likeness (QED) is 0.721. The molecule has 1 aromatic carbocycles. The van der Waals surface area contributed by atoms with Gasteiger partial charge in [-0.25, -0.2) is 4.79 Å². The summed E-state index contributed by atoms with van der Waals surface area (Å²) in [5.41, 5.74) is 1.12. The Labute approximate surface area is 173 Å². The lowest BCUT2D eigenvalue weighted by Gasteiger charge is -2.46. The van der Waals surface area contributed by atoms with Crippen molar-refractivity contribution in [2.45, 2.75) is 56.7 Å². The lowest BCUT2D eigenvalue weighted by atomic mass is 9.96. The van der Waals surface area contributed by atoms with Crippen LogP contribution in [0.2, 0.25) is 5.02 Å². The van der Waals surface area contributed by atoms with Gasteiger partial charge in [-0.05, 0) is 57.0 Å². The maximum Gasteiger partial charge on any atom is 0.490 e. The highest BCUT2D eigenvalue weighted by atomic mass is 35.5. The van der Waals surface area contributed by atoms with Gasteiger partial charge in [-0.3, -0.25) is 4.90 Å². The van der Waals surface area contributed by atoms with E-state index in [-0.39, 0.29) is 6.04 Å². The van der Waals surface area contributed by atoms with Gasteiger partial charge in [-0.15, -0.1) is 0 Å². The van der Waals surface area contributed by atoms with Crippen LogP contribution in [0, 0.1) is 0 Å². The molecule has 29 heavy (non-hydrogen) atoms. The average Bonchev–Trinajstić information content (AvgIpc) is 2.70. The molecule has 1 N–H and O–H groups in total. The number of halogens is 4. The van der Waals surface area contributed by atoms with Gasteiger partial charge in [0.25, 0.3) is 0 Å². The first-order valence-electron chi connectivity index (χ1n) is 9.84. The molecule has 0 radical (unpaired) electrons. The van der Waals surface area contributed by atoms with Crippen molar-refractivity contribution < 1.29 is 27.4 Å². The summed E-state index contributed by atoms with van der Waals surface area (Å²) in [5, 5.41) is 4.00. The van der Waals surface area contributed by atoms with E-state index >= 15 is 0 Å². The van der Waals surface area contributed by atoms with E-state index in [4.69, 9.17) is 16.3 Å². The first-order chi connectivity index (χ1) is 13.7. The lowest BCUT2D eigenvalue weighted by molar-refractivity contribution is -0.213. The molecule has 0 spiro atoms. The number of carbonyl (C=O) groups excluding carboxylic acids is 1. The normalized spacial score (nSPS) is 25.6. The fourth-order valence-electron chi connectivity index (χ4n) is 3.99. The smallest absolute Gasteiger partial charge is 0.453 e. The van der Waals surface area contributed by atoms with Gasteiger partial charge in [0.15, 0.2) is 0 Å². The molecule has 2 aliphatic heterocycles. The van der Waals surface area contributed by atoms with E-state index in [9.17, 15) is 18.0 Å². The zero-order chi connectivity index (χ0) is 21.0. The Hall–Kier alpha value is -1.35. The zero-order valence-electron chi connectivity index (χ0n) is 16.3. The van der Waals surface area contributed by atoms with Gasteiger partial charge >= 0.3 is 12.1 Å². The molecule has 5 nitrogen and oxygen atoms in total. The topological polar surface area (TPSA) is 50.8 Å². The van der Waals surface area contributed by atoms with Crippen molar-refractivity contribution in [1.82, 2.24) is 10.2 Å². The van der Waals surface area contributed by atoms with E-state index in [2.05, 4.69) is 15.0 Å². The molecule has 0 aromatic heterocycles. The van der Waals surface area contributed by atoms with E-state index in [0.29, 0.717) is 24.2 Å². The van der Waals surface area contributed by atoms with Gasteiger partial charge in [0.2, 0.25) is 0 Å². The molecule has 3 atom stereocenters. The van der Waals surface area contributed by atoms with Crippen LogP contribution < -0.4 is 5.32 Å². The Bertz CT molecular complexity index is 681. The fraction of sp³-hybridized carbons (Fsp3) is 0.650. The molecule has 3 rings (SSSR count). The molecular formula is C20H26ClF3N2O3. The van der Waals surface area contributed by atoms with Gasteiger partial charge in [0.1, 0.15) is 12.2 Å². The van der Waals surface area contributed by atoms with Gasteiger partial charge in [0, 0.05) is 23.7 Å². The third-order valence-corrected chi connectivity index (χ3v) is 5.82. The molecule has 1 aromatic rings. The molecule has 9 heteroatoms. The summed E-state index contributed by atoms with van der Waals surface area (Å²) in [6.07, 6.45) is -3.91. The molecule has 2 fully saturated rings. The molecule has 2 saturated heterocycles. The molecule has 0 unspecified atom stereocenters. The standard InChI is InChI=1S/C20H26ClF3N2O3/c1-13(29-19(27)20(22,23)24)18-11-26(16-6-8-25-9-7-16)17(12-28-18)10-14-2-4-15(21)5-3-14/h2-5,13,16-18,25H,6-12H2,1H3/t13-,17+,18-/m1/s1. The van der Waals surface area contributed by atoms with Crippen molar-refractivity contribution >= 4 is 17.6 Å². The lowest BCUT2D eigenvalue weighted by Crippen LogP contribution is -2.59. The number of rotatable bonds is 5. The van der Waals surface area contributed by atoms with E-state index in [1.54, 1.807) is 0 Å². The number of hydrogen-bond donors (Lipinski definition) is 1. The number of ether oxygens (including phenoxy) is 2. The molecular weight excluding hydrogens is 409 g/mol. The number of alkyl halides is 3. The number of hydrogen-bond acceptors (Lipinski definition) is 5. The van der Waals surface area contributed by atoms with Crippen LogP contribution >= 0.6 is 11.6 Å². The monoisotopic (exact) mass is 434 g/mol. The Morgan fingerprint density at radius 3 is 2.59 bits per heavy atom. The van der Waals surface area contributed by atoms with Crippen LogP contribution in [0.3, 0.4) is 0 Å². The van der Waals surface area contributed by atoms with Crippen LogP contribution in [0.15, 0.2) is 24.3 Å². The summed E-state index contributed by atoms with van der Waals surface area (Å²) in [6.45, 7) is 4.05. The molecule has 0 amide bonds. The highest BCUT2D eigenvalue weighted by Gasteiger charge is 2.44. The van der Waals surface area contributed by atoms with E-state index in [1.807, 2.05) is 24.3 Å². The minimum atomic E-state index is -5.01. The van der Waals surface area contributed by atoms with Crippen LogP contribution in [0.4, 0.5) is 13.2 Å². The number of morpholine rings is 1. The number of nitrogens with one attached hydrogen (secondary N) is 1. The van der Waals surface area contributed by atoms with Crippen LogP contribution in [-0.4, -0.2) is 67.6 Å². The highest BCUT2D eigenvalue weighted by molar-refractivity contribution is 6.30. The second-order valence-corrected chi connectivity index (χ2v) is 8.08. The van der Waals surface area contributed by atoms with Crippen molar-refractivity contribution in [3.63, 3.8) is 0 Å². The average molecular weight is 435 g/mol. The highest BCUT2D eigenvalue weighted by Crippen LogP contribution is 2.26. The van der Waals surface area contributed by atoms with Crippen LogP contribution in [0.1, 0.15) is 25.3 Å². The summed E-state index contributed by atoms with van der Waals surface area (Å²) in [7, 11) is 0. The van der Waals surface area contributed by atoms with Crippen LogP contribution in [0.5, 0.6) is 0 Å². The summed E-state index contributed by atoms with van der Waals surface area (Å²) in [6, 6.07) is 8.05. The summed E-state index contributed by atoms with van der Waals surface area (Å²) in [4.78, 5) is 13.5. The van der Waals surface area contributed by atoms with Crippen molar-refractivity contribution in [3.05, 3.63) is 34.9 Å². The first-order valence-corrected chi connectivity index (χ1v) is 10.2. The second kappa shape index (κ2) is 9.64. The van der Waals surface area contributed by atoms with Gasteiger partial charge in [0.05, 0.1) is 6.61 Å². The molecule has 0 bridgehead atoms. The van der Waals surface area contributed by atoms with Crippen molar-refractivity contribution in [3.8, 4) is 0 Å². The van der Waals surface area contributed by atoms with E-state index in [1.165, 1.54) is 6.92 Å². The molecule has 0 aliphatic carbocycles. The number of piperidine rings is 1. The van der Waals surface area contributed by atoms with Gasteiger partial charge < -0.3 is 14.8 Å².